The Bertz CT molecular complexity index is 2200. The van der Waals surface area contributed by atoms with Crippen LogP contribution in [0.1, 0.15) is 109 Å². The van der Waals surface area contributed by atoms with Gasteiger partial charge in [-0.15, -0.1) is 0 Å². The lowest BCUT2D eigenvalue weighted by Crippen LogP contribution is -2.75. The largest absolute Gasteiger partial charge is 0.231 e. The Morgan fingerprint density at radius 1 is 0.917 bits per heavy atom. The quantitative estimate of drug-likeness (QED) is 0.163. The fraction of sp³-hybridized carbons (Fsp3) is 0.419. The molecule has 3 aromatic heterocycles. The summed E-state index contributed by atoms with van der Waals surface area (Å²) in [7, 11) is 2.11. The van der Waals surface area contributed by atoms with Crippen molar-refractivity contribution in [2.24, 2.45) is 7.05 Å². The van der Waals surface area contributed by atoms with Crippen LogP contribution >= 0.6 is 0 Å². The van der Waals surface area contributed by atoms with Crippen LogP contribution in [-0.2, 0) is 35.3 Å². The topological polar surface area (TPSA) is 25.6 Å². The summed E-state index contributed by atoms with van der Waals surface area (Å²) in [6.07, 6.45) is 12.0. The highest BCUT2D eigenvalue weighted by molar-refractivity contribution is 6.02. The average molecular weight is 641 g/mol. The van der Waals surface area contributed by atoms with E-state index in [-0.39, 0.29) is 16.6 Å². The van der Waals surface area contributed by atoms with E-state index in [9.17, 15) is 0 Å². The number of hydrogen-bond acceptors (Lipinski definition) is 1. The van der Waals surface area contributed by atoms with E-state index >= 15 is 4.39 Å². The Labute approximate surface area is 285 Å². The highest BCUT2D eigenvalue weighted by atomic mass is 19.1. The van der Waals surface area contributed by atoms with E-state index < -0.39 is 11.0 Å². The van der Waals surface area contributed by atoms with Gasteiger partial charge in [-0.2, -0.15) is 14.2 Å². The molecule has 0 radical (unpaired) electrons. The number of aromatic nitrogens is 4. The van der Waals surface area contributed by atoms with Crippen molar-refractivity contribution in [1.29, 1.82) is 0 Å². The van der Waals surface area contributed by atoms with E-state index in [2.05, 4.69) is 143 Å². The summed E-state index contributed by atoms with van der Waals surface area (Å²) in [5.41, 5.74) is 10.1. The molecule has 2 unspecified atom stereocenters. The van der Waals surface area contributed by atoms with Gasteiger partial charge in [0.05, 0.1) is 22.1 Å². The molecule has 0 saturated carbocycles. The van der Waals surface area contributed by atoms with Crippen LogP contribution < -0.4 is 9.13 Å². The van der Waals surface area contributed by atoms with Crippen molar-refractivity contribution in [2.45, 2.75) is 109 Å². The van der Waals surface area contributed by atoms with Gasteiger partial charge in [-0.25, -0.2) is 9.07 Å². The first-order valence-electron chi connectivity index (χ1n) is 18.0. The average Bonchev–Trinajstić information content (AvgIpc) is 3.48. The van der Waals surface area contributed by atoms with E-state index in [1.54, 1.807) is 6.07 Å². The minimum atomic E-state index is -0.474. The number of rotatable bonds is 7. The zero-order valence-electron chi connectivity index (χ0n) is 30.1. The first-order valence-corrected chi connectivity index (χ1v) is 18.0. The summed E-state index contributed by atoms with van der Waals surface area (Å²) in [6, 6.07) is 19.6. The Morgan fingerprint density at radius 3 is 2.40 bits per heavy atom. The number of nitrogens with zero attached hydrogens (tertiary/aromatic N) is 4. The maximum atomic E-state index is 16.4. The molecule has 246 valence electrons. The Kier molecular flexibility index (Phi) is 6.62. The van der Waals surface area contributed by atoms with Gasteiger partial charge in [0.15, 0.2) is 12.4 Å². The molecule has 4 nitrogen and oxygen atoms in total. The van der Waals surface area contributed by atoms with Gasteiger partial charge in [0.1, 0.15) is 24.3 Å². The lowest BCUT2D eigenvalue weighted by Gasteiger charge is -2.56. The number of hydrogen-bond donors (Lipinski definition) is 0. The van der Waals surface area contributed by atoms with Gasteiger partial charge < -0.3 is 0 Å². The zero-order valence-corrected chi connectivity index (χ0v) is 30.1. The van der Waals surface area contributed by atoms with E-state index in [0.29, 0.717) is 0 Å². The summed E-state index contributed by atoms with van der Waals surface area (Å²) in [4.78, 5) is 0. The number of fused-ring (bicyclic) bond motifs is 3. The zero-order chi connectivity index (χ0) is 34.0. The van der Waals surface area contributed by atoms with Crippen LogP contribution in [0.4, 0.5) is 4.39 Å². The minimum Gasteiger partial charge on any atom is -0.224 e. The van der Waals surface area contributed by atoms with Gasteiger partial charge in [-0.1, -0.05) is 80.0 Å². The maximum Gasteiger partial charge on any atom is 0.231 e. The van der Waals surface area contributed by atoms with E-state index in [0.717, 1.165) is 60.3 Å². The van der Waals surface area contributed by atoms with Crippen molar-refractivity contribution >= 4 is 16.5 Å². The predicted molar refractivity (Wildman–Crippen MR) is 192 cm³/mol. The molecule has 0 fully saturated rings. The van der Waals surface area contributed by atoms with E-state index in [1.165, 1.54) is 38.9 Å². The molecule has 0 spiro atoms. The normalized spacial score (nSPS) is 21.6. The molecule has 0 bridgehead atoms. The Hall–Kier alpha value is -4.12. The third-order valence-electron chi connectivity index (χ3n) is 12.1. The van der Waals surface area contributed by atoms with Gasteiger partial charge in [-0.05, 0) is 65.6 Å². The molecule has 8 rings (SSSR count). The number of halogens is 1. The second-order valence-corrected chi connectivity index (χ2v) is 16.1. The maximum absolute atomic E-state index is 16.4. The van der Waals surface area contributed by atoms with Gasteiger partial charge >= 0.3 is 0 Å². The van der Waals surface area contributed by atoms with Crippen molar-refractivity contribution in [3.05, 3.63) is 107 Å². The fourth-order valence-electron chi connectivity index (χ4n) is 9.65. The third kappa shape index (κ3) is 3.74. The lowest BCUT2D eigenvalue weighted by atomic mass is 9.49. The second kappa shape index (κ2) is 10.2. The highest BCUT2D eigenvalue weighted by Gasteiger charge is 2.71. The van der Waals surface area contributed by atoms with Crippen LogP contribution in [0, 0.1) is 5.82 Å². The second-order valence-electron chi connectivity index (χ2n) is 16.1. The molecule has 3 aliphatic rings. The fourth-order valence-corrected chi connectivity index (χ4v) is 9.65. The third-order valence-corrected chi connectivity index (χ3v) is 12.1. The first kappa shape index (κ1) is 31.2. The van der Waals surface area contributed by atoms with Crippen LogP contribution in [-0.4, -0.2) is 9.78 Å². The van der Waals surface area contributed by atoms with Crippen LogP contribution in [0.3, 0.4) is 0 Å². The summed E-state index contributed by atoms with van der Waals surface area (Å²) >= 11 is 0. The standard InChI is InChI=1S/C43H49FN4/c1-10-13-16-27-23-28-20-22-47-39-36(28)30(24-27)41(7,8)38-31(44)19-18-29(37(38)39)42(11-2)26-35(43(42,47)12-3)48-33(25-34(45-48)40(4,5)6)32-17-14-15-21-46(32)9/h14-15,17-26H,10-13,16H2,1-9H3/q+2. The van der Waals surface area contributed by atoms with E-state index in [1.807, 2.05) is 0 Å². The smallest absolute Gasteiger partial charge is 0.224 e. The molecule has 4 heterocycles. The van der Waals surface area contributed by atoms with Gasteiger partial charge in [0.2, 0.25) is 16.9 Å². The number of pyridine rings is 2. The van der Waals surface area contributed by atoms with Crippen LogP contribution in [0.15, 0.2) is 73.1 Å². The van der Waals surface area contributed by atoms with Gasteiger partial charge in [0, 0.05) is 41.0 Å². The first-order chi connectivity index (χ1) is 22.9. The summed E-state index contributed by atoms with van der Waals surface area (Å²) in [5, 5.41) is 7.96. The number of allylic oxidation sites excluding steroid dienone is 2. The highest BCUT2D eigenvalue weighted by Crippen LogP contribution is 2.65. The van der Waals surface area contributed by atoms with Crippen molar-refractivity contribution in [3.8, 4) is 22.6 Å². The van der Waals surface area contributed by atoms with Crippen molar-refractivity contribution in [1.82, 2.24) is 9.78 Å². The Balaban J connectivity index is 1.50. The molecule has 2 aromatic carbocycles. The van der Waals surface area contributed by atoms with Crippen LogP contribution in [0.2, 0.25) is 0 Å². The molecule has 0 saturated heterocycles. The molecule has 2 atom stereocenters. The summed E-state index contributed by atoms with van der Waals surface area (Å²) < 4.78 is 23.4. The molecular formula is C43H49FN4+2. The monoisotopic (exact) mass is 640 g/mol. The van der Waals surface area contributed by atoms with Crippen molar-refractivity contribution in [2.75, 3.05) is 0 Å². The van der Waals surface area contributed by atoms with Crippen molar-refractivity contribution in [3.63, 3.8) is 0 Å². The Morgan fingerprint density at radius 2 is 1.71 bits per heavy atom. The van der Waals surface area contributed by atoms with Crippen LogP contribution in [0.25, 0.3) is 39.1 Å². The predicted octanol–water partition coefficient (Wildman–Crippen LogP) is 9.22. The number of unbranched alkanes of at least 4 members (excludes halogenated alkanes) is 1. The summed E-state index contributed by atoms with van der Waals surface area (Å²) in [5.74, 6) is -0.105. The molecule has 5 aromatic rings. The molecule has 2 aliphatic carbocycles. The van der Waals surface area contributed by atoms with Crippen molar-refractivity contribution < 1.29 is 13.5 Å². The molecule has 0 amide bonds. The molecule has 48 heavy (non-hydrogen) atoms. The number of benzene rings is 2. The van der Waals surface area contributed by atoms with Gasteiger partial charge in [0.25, 0.3) is 0 Å². The van der Waals surface area contributed by atoms with Crippen LogP contribution in [0.5, 0.6) is 0 Å². The minimum absolute atomic E-state index is 0.105. The summed E-state index contributed by atoms with van der Waals surface area (Å²) in [6.45, 7) is 18.1. The molecule has 0 N–H and O–H groups in total. The van der Waals surface area contributed by atoms with E-state index in [4.69, 9.17) is 5.10 Å². The molecule has 5 heteroatoms. The lowest BCUT2D eigenvalue weighted by molar-refractivity contribution is -0.754. The number of aryl methyl sites for hydroxylation is 2. The molecular weight excluding hydrogens is 591 g/mol. The molecule has 1 aliphatic heterocycles. The van der Waals surface area contributed by atoms with Gasteiger partial charge in [-0.3, -0.25) is 0 Å². The SMILES string of the molecule is CCCCc1cc2c3c4[n+](ccc3c1)C1(CC)C(n3nc(C(C)(C)C)cc3-c3cccc[n+]3C)=CC1(CC)c1ccc(F)c(c1-4)C2(C)C.